The van der Waals surface area contributed by atoms with Gasteiger partial charge < -0.3 is 9.47 Å². The van der Waals surface area contributed by atoms with Crippen LogP contribution < -0.4 is 9.47 Å². The molecular formula is C16H25BrO2. The summed E-state index contributed by atoms with van der Waals surface area (Å²) in [5, 5.41) is 0. The number of halogens is 1. The van der Waals surface area contributed by atoms with E-state index in [4.69, 9.17) is 9.47 Å². The van der Waals surface area contributed by atoms with Crippen molar-refractivity contribution in [3.05, 3.63) is 23.8 Å². The largest absolute Gasteiger partial charge is 0.497 e. The lowest BCUT2D eigenvalue weighted by Crippen LogP contribution is -2.09. The molecule has 0 aliphatic rings. The molecule has 1 atom stereocenters. The van der Waals surface area contributed by atoms with Crippen molar-refractivity contribution in [3.63, 3.8) is 0 Å². The van der Waals surface area contributed by atoms with Crippen LogP contribution in [0.4, 0.5) is 0 Å². The van der Waals surface area contributed by atoms with Gasteiger partial charge in [0.1, 0.15) is 11.5 Å². The summed E-state index contributed by atoms with van der Waals surface area (Å²) >= 11 is 3.87. The summed E-state index contributed by atoms with van der Waals surface area (Å²) in [4.78, 5) is 0.317. The Morgan fingerprint density at radius 3 is 2.16 bits per heavy atom. The number of hydrogen-bond donors (Lipinski definition) is 0. The second kappa shape index (κ2) is 8.47. The van der Waals surface area contributed by atoms with Crippen molar-refractivity contribution >= 4 is 15.9 Å². The van der Waals surface area contributed by atoms with Crippen molar-refractivity contribution in [2.24, 2.45) is 5.92 Å². The minimum Gasteiger partial charge on any atom is -0.497 e. The van der Waals surface area contributed by atoms with Crippen LogP contribution in [0.1, 0.15) is 49.9 Å². The Balaban J connectivity index is 3.02. The zero-order valence-corrected chi connectivity index (χ0v) is 14.0. The molecule has 0 spiro atoms. The molecule has 0 radical (unpaired) electrons. The number of ether oxygens (including phenoxy) is 2. The lowest BCUT2D eigenvalue weighted by Gasteiger charge is -2.24. The van der Waals surface area contributed by atoms with Crippen molar-refractivity contribution in [1.29, 1.82) is 0 Å². The van der Waals surface area contributed by atoms with Crippen molar-refractivity contribution in [2.75, 3.05) is 14.2 Å². The molecule has 1 unspecified atom stereocenters. The molecule has 1 aromatic carbocycles. The Kier molecular flexibility index (Phi) is 7.29. The maximum atomic E-state index is 5.49. The van der Waals surface area contributed by atoms with E-state index < -0.39 is 0 Å². The van der Waals surface area contributed by atoms with Gasteiger partial charge in [-0.2, -0.15) is 0 Å². The third-order valence-electron chi connectivity index (χ3n) is 3.47. The number of rotatable bonds is 8. The zero-order chi connectivity index (χ0) is 14.3. The number of alkyl halides is 1. The van der Waals surface area contributed by atoms with E-state index in [-0.39, 0.29) is 0 Å². The molecule has 0 fully saturated rings. The fourth-order valence-electron chi connectivity index (χ4n) is 2.49. The Labute approximate surface area is 125 Å². The van der Waals surface area contributed by atoms with Crippen molar-refractivity contribution in [1.82, 2.24) is 0 Å². The molecule has 108 valence electrons. The molecular weight excluding hydrogens is 304 g/mol. The minimum absolute atomic E-state index is 0.317. The third-order valence-corrected chi connectivity index (χ3v) is 4.71. The first kappa shape index (κ1) is 16.4. The summed E-state index contributed by atoms with van der Waals surface area (Å²) in [6, 6.07) is 6.00. The van der Waals surface area contributed by atoms with Gasteiger partial charge in [-0.25, -0.2) is 0 Å². The molecule has 0 aliphatic carbocycles. The molecule has 0 bridgehead atoms. The lowest BCUT2D eigenvalue weighted by molar-refractivity contribution is 0.384. The number of benzene rings is 1. The first-order valence-electron chi connectivity index (χ1n) is 7.03. The van der Waals surface area contributed by atoms with Gasteiger partial charge in [-0.15, -0.1) is 0 Å². The number of methoxy groups -OCH3 is 2. The van der Waals surface area contributed by atoms with Gasteiger partial charge in [0.25, 0.3) is 0 Å². The fraction of sp³-hybridized carbons (Fsp3) is 0.625. The van der Waals surface area contributed by atoms with Crippen molar-refractivity contribution in [2.45, 2.75) is 44.4 Å². The van der Waals surface area contributed by atoms with Gasteiger partial charge in [0.05, 0.1) is 14.2 Å². The summed E-state index contributed by atoms with van der Waals surface area (Å²) in [5.74, 6) is 2.45. The van der Waals surface area contributed by atoms with Crippen molar-refractivity contribution < 1.29 is 9.47 Å². The standard InChI is InChI=1S/C16H25BrO2/c1-5-7-12(8-6-2)16(17)14-11-13(18-3)9-10-15(14)19-4/h9-12,16H,5-8H2,1-4H3. The Hall–Kier alpha value is -0.700. The SMILES string of the molecule is CCCC(CCC)C(Br)c1cc(OC)ccc1OC. The first-order chi connectivity index (χ1) is 9.17. The molecule has 0 saturated heterocycles. The predicted molar refractivity (Wildman–Crippen MR) is 84.5 cm³/mol. The molecule has 19 heavy (non-hydrogen) atoms. The maximum Gasteiger partial charge on any atom is 0.123 e. The molecule has 1 rings (SSSR count). The smallest absolute Gasteiger partial charge is 0.123 e. The van der Waals surface area contributed by atoms with Crippen LogP contribution in [0.25, 0.3) is 0 Å². The van der Waals surface area contributed by atoms with Crippen LogP contribution in [0.15, 0.2) is 18.2 Å². The highest BCUT2D eigenvalue weighted by Gasteiger charge is 2.22. The summed E-state index contributed by atoms with van der Waals surface area (Å²) in [7, 11) is 3.42. The van der Waals surface area contributed by atoms with Gasteiger partial charge in [0.15, 0.2) is 0 Å². The molecule has 0 N–H and O–H groups in total. The highest BCUT2D eigenvalue weighted by molar-refractivity contribution is 9.09. The Morgan fingerprint density at radius 2 is 1.68 bits per heavy atom. The third kappa shape index (κ3) is 4.41. The van der Waals surface area contributed by atoms with E-state index in [0.717, 1.165) is 11.5 Å². The van der Waals surface area contributed by atoms with E-state index in [9.17, 15) is 0 Å². The molecule has 3 heteroatoms. The summed E-state index contributed by atoms with van der Waals surface area (Å²) in [6.45, 7) is 4.48. The molecule has 0 aromatic heterocycles. The van der Waals surface area contributed by atoms with Gasteiger partial charge in [0, 0.05) is 10.4 Å². The van der Waals surface area contributed by atoms with Crippen LogP contribution in [-0.4, -0.2) is 14.2 Å². The van der Waals surface area contributed by atoms with Crippen LogP contribution >= 0.6 is 15.9 Å². The quantitative estimate of drug-likeness (QED) is 0.598. The summed E-state index contributed by atoms with van der Waals surface area (Å²) in [6.07, 6.45) is 4.87. The Morgan fingerprint density at radius 1 is 1.05 bits per heavy atom. The topological polar surface area (TPSA) is 18.5 Å². The first-order valence-corrected chi connectivity index (χ1v) is 7.95. The minimum atomic E-state index is 0.317. The lowest BCUT2D eigenvalue weighted by atomic mass is 9.90. The highest BCUT2D eigenvalue weighted by atomic mass is 79.9. The van der Waals surface area contributed by atoms with Crippen molar-refractivity contribution in [3.8, 4) is 11.5 Å². The molecule has 0 heterocycles. The second-order valence-electron chi connectivity index (χ2n) is 4.85. The van der Waals surface area contributed by atoms with Crippen LogP contribution in [0.3, 0.4) is 0 Å². The maximum absolute atomic E-state index is 5.49. The van der Waals surface area contributed by atoms with Gasteiger partial charge in [-0.1, -0.05) is 42.6 Å². The van der Waals surface area contributed by atoms with E-state index in [1.165, 1.54) is 31.2 Å². The predicted octanol–water partition coefficient (Wildman–Crippen LogP) is 5.36. The Bertz CT molecular complexity index is 373. The van der Waals surface area contributed by atoms with Crippen LogP contribution in [-0.2, 0) is 0 Å². The zero-order valence-electron chi connectivity index (χ0n) is 12.4. The molecule has 1 aromatic rings. The summed E-state index contributed by atoms with van der Waals surface area (Å²) < 4.78 is 10.8. The van der Waals surface area contributed by atoms with Crippen LogP contribution in [0.2, 0.25) is 0 Å². The molecule has 0 amide bonds. The van der Waals surface area contributed by atoms with Gasteiger partial charge >= 0.3 is 0 Å². The average Bonchev–Trinajstić information content (AvgIpc) is 2.45. The monoisotopic (exact) mass is 328 g/mol. The normalized spacial score (nSPS) is 12.5. The average molecular weight is 329 g/mol. The van der Waals surface area contributed by atoms with Gasteiger partial charge in [0.2, 0.25) is 0 Å². The fourth-order valence-corrected chi connectivity index (χ4v) is 3.37. The van der Waals surface area contributed by atoms with E-state index in [1.807, 2.05) is 12.1 Å². The van der Waals surface area contributed by atoms with E-state index >= 15 is 0 Å². The second-order valence-corrected chi connectivity index (χ2v) is 5.83. The van der Waals surface area contributed by atoms with E-state index in [2.05, 4.69) is 35.8 Å². The van der Waals surface area contributed by atoms with Crippen LogP contribution in [0, 0.1) is 5.92 Å². The van der Waals surface area contributed by atoms with Gasteiger partial charge in [-0.05, 0) is 37.0 Å². The number of hydrogen-bond acceptors (Lipinski definition) is 2. The summed E-state index contributed by atoms with van der Waals surface area (Å²) in [5.41, 5.74) is 1.19. The van der Waals surface area contributed by atoms with Crippen LogP contribution in [0.5, 0.6) is 11.5 Å². The van der Waals surface area contributed by atoms with Gasteiger partial charge in [-0.3, -0.25) is 0 Å². The van der Waals surface area contributed by atoms with E-state index in [1.54, 1.807) is 14.2 Å². The molecule has 2 nitrogen and oxygen atoms in total. The molecule has 0 saturated carbocycles. The molecule has 0 aliphatic heterocycles. The highest BCUT2D eigenvalue weighted by Crippen LogP contribution is 2.42. The van der Waals surface area contributed by atoms with E-state index in [0.29, 0.717) is 10.7 Å².